The van der Waals surface area contributed by atoms with Crippen molar-refractivity contribution >= 4 is 38.6 Å². The Morgan fingerprint density at radius 2 is 1.95 bits per heavy atom. The molecule has 0 atom stereocenters. The van der Waals surface area contributed by atoms with Gasteiger partial charge in [-0.25, -0.2) is 9.97 Å². The summed E-state index contributed by atoms with van der Waals surface area (Å²) in [5.74, 6) is 0. The van der Waals surface area contributed by atoms with E-state index in [1.54, 1.807) is 18.1 Å². The van der Waals surface area contributed by atoms with Gasteiger partial charge in [0.1, 0.15) is 11.4 Å². The molecule has 3 rings (SSSR count). The molecular weight excluding hydrogens is 336 g/mol. The lowest BCUT2D eigenvalue weighted by molar-refractivity contribution is 0.281. The molecule has 0 aliphatic heterocycles. The van der Waals surface area contributed by atoms with Crippen LogP contribution in [0.15, 0.2) is 63.2 Å². The first-order valence-corrected chi connectivity index (χ1v) is 7.66. The summed E-state index contributed by atoms with van der Waals surface area (Å²) in [6.07, 6.45) is 1.59. The Hall–Kier alpha value is -1.43. The molecule has 1 N–H and O–H groups in total. The summed E-state index contributed by atoms with van der Waals surface area (Å²) in [7, 11) is 0. The molecule has 5 heteroatoms. The highest BCUT2D eigenvalue weighted by Gasteiger charge is 2.07. The predicted octanol–water partition coefficient (Wildman–Crippen LogP) is 4.04. The summed E-state index contributed by atoms with van der Waals surface area (Å²) in [5.41, 5.74) is 1.82. The van der Waals surface area contributed by atoms with Crippen LogP contribution < -0.4 is 0 Å². The molecule has 0 aliphatic rings. The van der Waals surface area contributed by atoms with Gasteiger partial charge >= 0.3 is 0 Å². The lowest BCUT2D eigenvalue weighted by atomic mass is 10.2. The van der Waals surface area contributed by atoms with E-state index in [1.165, 1.54) is 0 Å². The zero-order valence-corrected chi connectivity index (χ0v) is 12.9. The van der Waals surface area contributed by atoms with Gasteiger partial charge in [-0.1, -0.05) is 52.0 Å². The lowest BCUT2D eigenvalue weighted by Crippen LogP contribution is -1.88. The van der Waals surface area contributed by atoms with E-state index < -0.39 is 0 Å². The number of aromatic nitrogens is 2. The Balaban J connectivity index is 1.99. The van der Waals surface area contributed by atoms with Crippen LogP contribution in [-0.4, -0.2) is 15.1 Å². The highest BCUT2D eigenvalue weighted by Crippen LogP contribution is 2.33. The van der Waals surface area contributed by atoms with Crippen LogP contribution in [0.1, 0.15) is 5.56 Å². The highest BCUT2D eigenvalue weighted by molar-refractivity contribution is 9.10. The number of para-hydroxylation sites is 1. The first kappa shape index (κ1) is 13.5. The van der Waals surface area contributed by atoms with E-state index in [2.05, 4.69) is 25.9 Å². The van der Waals surface area contributed by atoms with Gasteiger partial charge in [0.2, 0.25) is 0 Å². The van der Waals surface area contributed by atoms with Gasteiger partial charge in [-0.3, -0.25) is 0 Å². The largest absolute Gasteiger partial charge is 0.392 e. The Kier molecular flexibility index (Phi) is 4.00. The Labute approximate surface area is 129 Å². The maximum Gasteiger partial charge on any atom is 0.117 e. The Morgan fingerprint density at radius 1 is 1.10 bits per heavy atom. The molecule has 2 aromatic carbocycles. The number of hydrogen-bond acceptors (Lipinski definition) is 4. The average molecular weight is 347 g/mol. The third kappa shape index (κ3) is 2.70. The van der Waals surface area contributed by atoms with Crippen molar-refractivity contribution in [3.63, 3.8) is 0 Å². The van der Waals surface area contributed by atoms with Crippen LogP contribution in [0.4, 0.5) is 0 Å². The molecule has 0 saturated carbocycles. The van der Waals surface area contributed by atoms with E-state index in [0.29, 0.717) is 0 Å². The number of aliphatic hydroxyl groups is 1. The zero-order chi connectivity index (χ0) is 13.9. The van der Waals surface area contributed by atoms with Gasteiger partial charge < -0.3 is 5.11 Å². The Bertz CT molecular complexity index is 758. The predicted molar refractivity (Wildman–Crippen MR) is 83.7 cm³/mol. The second-order valence-electron chi connectivity index (χ2n) is 4.21. The Morgan fingerprint density at radius 3 is 2.75 bits per heavy atom. The first-order chi connectivity index (χ1) is 9.78. The van der Waals surface area contributed by atoms with Crippen molar-refractivity contribution in [2.24, 2.45) is 0 Å². The third-order valence-electron chi connectivity index (χ3n) is 2.92. The van der Waals surface area contributed by atoms with Crippen LogP contribution in [0.5, 0.6) is 0 Å². The number of nitrogens with zero attached hydrogens (tertiary/aromatic N) is 2. The number of fused-ring (bicyclic) bond motifs is 1. The van der Waals surface area contributed by atoms with E-state index in [9.17, 15) is 5.11 Å². The van der Waals surface area contributed by atoms with Crippen molar-refractivity contribution in [3.05, 3.63) is 58.8 Å². The van der Waals surface area contributed by atoms with Crippen LogP contribution >= 0.6 is 27.7 Å². The summed E-state index contributed by atoms with van der Waals surface area (Å²) in [6, 6.07) is 13.8. The van der Waals surface area contributed by atoms with Crippen molar-refractivity contribution in [1.29, 1.82) is 0 Å². The fraction of sp³-hybridized carbons (Fsp3) is 0.0667. The highest BCUT2D eigenvalue weighted by atomic mass is 79.9. The summed E-state index contributed by atoms with van der Waals surface area (Å²) in [4.78, 5) is 9.69. The van der Waals surface area contributed by atoms with Crippen LogP contribution in [0, 0.1) is 0 Å². The maximum absolute atomic E-state index is 9.18. The number of aliphatic hydroxyl groups excluding tert-OH is 1. The number of halogens is 1. The zero-order valence-electron chi connectivity index (χ0n) is 10.5. The van der Waals surface area contributed by atoms with Gasteiger partial charge in [0, 0.05) is 14.8 Å². The molecule has 0 aliphatic carbocycles. The second kappa shape index (κ2) is 5.91. The lowest BCUT2D eigenvalue weighted by Gasteiger charge is -2.06. The van der Waals surface area contributed by atoms with Crippen LogP contribution in [0.2, 0.25) is 0 Å². The van der Waals surface area contributed by atoms with Crippen LogP contribution in [0.25, 0.3) is 10.9 Å². The average Bonchev–Trinajstić information content (AvgIpc) is 2.48. The van der Waals surface area contributed by atoms with Crippen molar-refractivity contribution in [2.75, 3.05) is 0 Å². The number of hydrogen-bond donors (Lipinski definition) is 1. The molecule has 0 saturated heterocycles. The normalized spacial score (nSPS) is 10.9. The number of benzene rings is 2. The summed E-state index contributed by atoms with van der Waals surface area (Å²) in [6.45, 7) is 0.0297. The molecule has 0 spiro atoms. The molecule has 100 valence electrons. The minimum absolute atomic E-state index is 0.0297. The standard InChI is InChI=1S/C15H11BrN2OS/c16-13-7-11(6-5-10(13)8-19)20-15-12-3-1-2-4-14(12)17-9-18-15/h1-7,9,19H,8H2. The summed E-state index contributed by atoms with van der Waals surface area (Å²) >= 11 is 5.05. The molecule has 0 radical (unpaired) electrons. The third-order valence-corrected chi connectivity index (χ3v) is 4.66. The van der Waals surface area contributed by atoms with Gasteiger partial charge in [-0.2, -0.15) is 0 Å². The smallest absolute Gasteiger partial charge is 0.117 e. The molecule has 1 heterocycles. The van der Waals surface area contributed by atoms with Crippen molar-refractivity contribution in [2.45, 2.75) is 16.5 Å². The fourth-order valence-electron chi connectivity index (χ4n) is 1.89. The van der Waals surface area contributed by atoms with E-state index in [0.717, 1.165) is 30.9 Å². The second-order valence-corrected chi connectivity index (χ2v) is 6.13. The van der Waals surface area contributed by atoms with Crippen molar-refractivity contribution in [1.82, 2.24) is 9.97 Å². The molecule has 0 amide bonds. The molecule has 0 bridgehead atoms. The van der Waals surface area contributed by atoms with Crippen LogP contribution in [0.3, 0.4) is 0 Å². The molecule has 3 aromatic rings. The molecule has 0 unspecified atom stereocenters. The van der Waals surface area contributed by atoms with Gasteiger partial charge in [0.25, 0.3) is 0 Å². The molecule has 20 heavy (non-hydrogen) atoms. The summed E-state index contributed by atoms with van der Waals surface area (Å²) < 4.78 is 0.906. The van der Waals surface area contributed by atoms with Crippen molar-refractivity contribution < 1.29 is 5.11 Å². The summed E-state index contributed by atoms with van der Waals surface area (Å²) in [5, 5.41) is 11.2. The topological polar surface area (TPSA) is 46.0 Å². The molecular formula is C15H11BrN2OS. The molecule has 0 fully saturated rings. The molecule has 3 nitrogen and oxygen atoms in total. The van der Waals surface area contributed by atoms with Gasteiger partial charge in [0.05, 0.1) is 12.1 Å². The van der Waals surface area contributed by atoms with E-state index in [4.69, 9.17) is 0 Å². The SMILES string of the molecule is OCc1ccc(Sc2ncnc3ccccc23)cc1Br. The van der Waals surface area contributed by atoms with Gasteiger partial charge in [0.15, 0.2) is 0 Å². The first-order valence-electron chi connectivity index (χ1n) is 6.05. The van der Waals surface area contributed by atoms with Gasteiger partial charge in [-0.15, -0.1) is 0 Å². The fourth-order valence-corrected chi connectivity index (χ4v) is 3.47. The van der Waals surface area contributed by atoms with Crippen LogP contribution in [-0.2, 0) is 6.61 Å². The minimum atomic E-state index is 0.0297. The van der Waals surface area contributed by atoms with E-state index in [-0.39, 0.29) is 6.61 Å². The van der Waals surface area contributed by atoms with Gasteiger partial charge in [-0.05, 0) is 23.8 Å². The van der Waals surface area contributed by atoms with E-state index >= 15 is 0 Å². The monoisotopic (exact) mass is 346 g/mol. The minimum Gasteiger partial charge on any atom is -0.392 e. The molecule has 1 aromatic heterocycles. The quantitative estimate of drug-likeness (QED) is 0.727. The van der Waals surface area contributed by atoms with Crippen molar-refractivity contribution in [3.8, 4) is 0 Å². The van der Waals surface area contributed by atoms with E-state index in [1.807, 2.05) is 42.5 Å². The maximum atomic E-state index is 9.18. The number of rotatable bonds is 3.